The summed E-state index contributed by atoms with van der Waals surface area (Å²) in [5, 5.41) is 7.91. The van der Waals surface area contributed by atoms with Gasteiger partial charge in [0.05, 0.1) is 0 Å². The van der Waals surface area contributed by atoms with Gasteiger partial charge >= 0.3 is 0 Å². The molecule has 0 aliphatic carbocycles. The van der Waals surface area contributed by atoms with Crippen LogP contribution in [0.15, 0.2) is 4.63 Å². The fourth-order valence-electron chi connectivity index (χ4n) is 1.39. The van der Waals surface area contributed by atoms with Crippen LogP contribution in [0.4, 0.5) is 5.82 Å². The van der Waals surface area contributed by atoms with Crippen LogP contribution in [-0.4, -0.2) is 23.4 Å². The minimum Gasteiger partial charge on any atom is -0.352 e. The summed E-state index contributed by atoms with van der Waals surface area (Å²) < 4.78 is 4.79. The molecule has 1 aromatic rings. The minimum absolute atomic E-state index is 0.0188. The van der Waals surface area contributed by atoms with Crippen molar-refractivity contribution in [3.63, 3.8) is 0 Å². The average molecular weight is 181 g/mol. The third kappa shape index (κ3) is 1.41. The smallest absolute Gasteiger partial charge is 0.197 e. The van der Waals surface area contributed by atoms with Gasteiger partial charge in [0, 0.05) is 18.5 Å². The van der Waals surface area contributed by atoms with Gasteiger partial charge in [-0.15, -0.1) is 0 Å². The second kappa shape index (κ2) is 2.72. The Morgan fingerprint density at radius 3 is 2.38 bits per heavy atom. The summed E-state index contributed by atoms with van der Waals surface area (Å²) in [7, 11) is 0. The van der Waals surface area contributed by atoms with Crippen molar-refractivity contribution in [3.05, 3.63) is 5.69 Å². The van der Waals surface area contributed by atoms with Crippen molar-refractivity contribution in [2.45, 2.75) is 32.6 Å². The quantitative estimate of drug-likeness (QED) is 0.659. The van der Waals surface area contributed by atoms with Crippen molar-refractivity contribution in [1.82, 2.24) is 10.3 Å². The van der Waals surface area contributed by atoms with Gasteiger partial charge in [-0.25, -0.2) is 4.63 Å². The first kappa shape index (κ1) is 8.53. The van der Waals surface area contributed by atoms with Crippen molar-refractivity contribution in [2.75, 3.05) is 18.0 Å². The largest absolute Gasteiger partial charge is 0.352 e. The maximum Gasteiger partial charge on any atom is 0.197 e. The Bertz CT molecular complexity index is 296. The van der Waals surface area contributed by atoms with E-state index in [0.29, 0.717) is 0 Å². The molecule has 1 saturated heterocycles. The van der Waals surface area contributed by atoms with Gasteiger partial charge in [-0.3, -0.25) is 0 Å². The molecule has 1 aliphatic heterocycles. The standard InChI is InChI=1S/C9H15N3O/c1-9(2,3)7-8(11-13-10-7)12-5-4-6-12/h4-6H2,1-3H3. The van der Waals surface area contributed by atoms with E-state index < -0.39 is 0 Å². The molecule has 1 aromatic heterocycles. The van der Waals surface area contributed by atoms with Gasteiger partial charge in [0.1, 0.15) is 5.69 Å². The molecule has 72 valence electrons. The molecule has 2 heterocycles. The molecule has 0 amide bonds. The van der Waals surface area contributed by atoms with Crippen molar-refractivity contribution in [1.29, 1.82) is 0 Å². The van der Waals surface area contributed by atoms with Crippen molar-refractivity contribution >= 4 is 5.82 Å². The molecule has 1 fully saturated rings. The molecule has 0 spiro atoms. The SMILES string of the molecule is CC(C)(C)c1nonc1N1CCC1. The molecule has 13 heavy (non-hydrogen) atoms. The number of hydrogen-bond donors (Lipinski definition) is 0. The zero-order valence-corrected chi connectivity index (χ0v) is 8.37. The summed E-state index contributed by atoms with van der Waals surface area (Å²) in [4.78, 5) is 2.21. The molecule has 4 heteroatoms. The summed E-state index contributed by atoms with van der Waals surface area (Å²) in [5.41, 5.74) is 0.984. The second-order valence-corrected chi connectivity index (χ2v) is 4.53. The van der Waals surface area contributed by atoms with E-state index >= 15 is 0 Å². The topological polar surface area (TPSA) is 42.2 Å². The number of aromatic nitrogens is 2. The van der Waals surface area contributed by atoms with Crippen LogP contribution in [0.2, 0.25) is 0 Å². The van der Waals surface area contributed by atoms with E-state index in [1.165, 1.54) is 6.42 Å². The molecule has 1 aliphatic rings. The lowest BCUT2D eigenvalue weighted by Gasteiger charge is -2.32. The maximum atomic E-state index is 4.79. The Labute approximate surface area is 77.9 Å². The molecule has 0 aromatic carbocycles. The Balaban J connectivity index is 2.30. The summed E-state index contributed by atoms with van der Waals surface area (Å²) in [6, 6.07) is 0. The minimum atomic E-state index is 0.0188. The Kier molecular flexibility index (Phi) is 1.78. The second-order valence-electron chi connectivity index (χ2n) is 4.53. The van der Waals surface area contributed by atoms with E-state index in [2.05, 4.69) is 36.0 Å². The highest BCUT2D eigenvalue weighted by molar-refractivity contribution is 5.46. The summed E-state index contributed by atoms with van der Waals surface area (Å²) in [6.45, 7) is 8.52. The lowest BCUT2D eigenvalue weighted by Crippen LogP contribution is -2.38. The Morgan fingerprint density at radius 1 is 1.23 bits per heavy atom. The van der Waals surface area contributed by atoms with E-state index in [9.17, 15) is 0 Å². The van der Waals surface area contributed by atoms with E-state index in [1.807, 2.05) is 0 Å². The molecule has 2 rings (SSSR count). The molecule has 4 nitrogen and oxygen atoms in total. The Morgan fingerprint density at radius 2 is 1.92 bits per heavy atom. The van der Waals surface area contributed by atoms with Crippen LogP contribution in [0.3, 0.4) is 0 Å². The van der Waals surface area contributed by atoms with Crippen molar-refractivity contribution in [3.8, 4) is 0 Å². The number of nitrogens with zero attached hydrogens (tertiary/aromatic N) is 3. The highest BCUT2D eigenvalue weighted by atomic mass is 16.6. The monoisotopic (exact) mass is 181 g/mol. The number of rotatable bonds is 1. The molecular formula is C9H15N3O. The van der Waals surface area contributed by atoms with E-state index in [0.717, 1.165) is 24.6 Å². The highest BCUT2D eigenvalue weighted by Gasteiger charge is 2.29. The van der Waals surface area contributed by atoms with E-state index in [-0.39, 0.29) is 5.41 Å². The van der Waals surface area contributed by atoms with Gasteiger partial charge in [-0.1, -0.05) is 25.9 Å². The lowest BCUT2D eigenvalue weighted by atomic mass is 9.91. The van der Waals surface area contributed by atoms with E-state index in [1.54, 1.807) is 0 Å². The molecule has 0 saturated carbocycles. The number of anilines is 1. The van der Waals surface area contributed by atoms with Gasteiger partial charge in [0.25, 0.3) is 0 Å². The van der Waals surface area contributed by atoms with Crippen LogP contribution in [-0.2, 0) is 5.41 Å². The fraction of sp³-hybridized carbons (Fsp3) is 0.778. The van der Waals surface area contributed by atoms with Crippen LogP contribution >= 0.6 is 0 Å². The molecule has 0 N–H and O–H groups in total. The van der Waals surface area contributed by atoms with Crippen LogP contribution in [0.1, 0.15) is 32.9 Å². The van der Waals surface area contributed by atoms with Gasteiger partial charge < -0.3 is 4.90 Å². The lowest BCUT2D eigenvalue weighted by molar-refractivity contribution is 0.296. The van der Waals surface area contributed by atoms with Crippen molar-refractivity contribution < 1.29 is 4.63 Å². The summed E-state index contributed by atoms with van der Waals surface area (Å²) in [5.74, 6) is 0.929. The Hall–Kier alpha value is -1.06. The molecule has 0 atom stereocenters. The first-order chi connectivity index (χ1) is 6.09. The fourth-order valence-corrected chi connectivity index (χ4v) is 1.39. The van der Waals surface area contributed by atoms with Crippen LogP contribution in [0, 0.1) is 0 Å². The average Bonchev–Trinajstić information content (AvgIpc) is 2.29. The molecule has 0 bridgehead atoms. The summed E-state index contributed by atoms with van der Waals surface area (Å²) >= 11 is 0. The molecular weight excluding hydrogens is 166 g/mol. The van der Waals surface area contributed by atoms with Crippen LogP contribution in [0.5, 0.6) is 0 Å². The molecule has 0 unspecified atom stereocenters. The van der Waals surface area contributed by atoms with Gasteiger partial charge in [0.15, 0.2) is 5.82 Å². The van der Waals surface area contributed by atoms with E-state index in [4.69, 9.17) is 4.63 Å². The zero-order valence-electron chi connectivity index (χ0n) is 8.37. The summed E-state index contributed by atoms with van der Waals surface area (Å²) in [6.07, 6.45) is 1.25. The number of hydrogen-bond acceptors (Lipinski definition) is 4. The highest BCUT2D eigenvalue weighted by Crippen LogP contribution is 2.30. The van der Waals surface area contributed by atoms with Crippen molar-refractivity contribution in [2.24, 2.45) is 0 Å². The predicted molar refractivity (Wildman–Crippen MR) is 49.8 cm³/mol. The maximum absolute atomic E-state index is 4.79. The third-order valence-electron chi connectivity index (χ3n) is 2.34. The molecule has 0 radical (unpaired) electrons. The first-order valence-corrected chi connectivity index (χ1v) is 4.67. The van der Waals surface area contributed by atoms with Gasteiger partial charge in [-0.05, 0) is 11.6 Å². The first-order valence-electron chi connectivity index (χ1n) is 4.67. The predicted octanol–water partition coefficient (Wildman–Crippen LogP) is 1.58. The normalized spacial score (nSPS) is 17.3. The van der Waals surface area contributed by atoms with Gasteiger partial charge in [-0.2, -0.15) is 0 Å². The zero-order chi connectivity index (χ0) is 9.47. The van der Waals surface area contributed by atoms with Crippen LogP contribution in [0.25, 0.3) is 0 Å². The van der Waals surface area contributed by atoms with Crippen LogP contribution < -0.4 is 4.90 Å². The van der Waals surface area contributed by atoms with Gasteiger partial charge in [0.2, 0.25) is 0 Å². The third-order valence-corrected chi connectivity index (χ3v) is 2.34.